The number of nitrogens with one attached hydrogen (secondary N) is 1. The largest absolute Gasteiger partial charge is 0.215 e. The number of sulfonamides is 2. The maximum atomic E-state index is 11.3. The molecule has 1 saturated heterocycles. The molecule has 0 radical (unpaired) electrons. The molecule has 0 spiro atoms. The van der Waals surface area contributed by atoms with Crippen LogP contribution in [0.2, 0.25) is 0 Å². The molecule has 1 N–H and O–H groups in total. The summed E-state index contributed by atoms with van der Waals surface area (Å²) in [6.45, 7) is 2.97. The van der Waals surface area contributed by atoms with Crippen LogP contribution in [0.5, 0.6) is 0 Å². The number of hydrogen-bond acceptors (Lipinski definition) is 4. The topological polar surface area (TPSA) is 83.6 Å². The van der Waals surface area contributed by atoms with Crippen molar-refractivity contribution in [2.24, 2.45) is 5.92 Å². The van der Waals surface area contributed by atoms with Gasteiger partial charge in [-0.2, -0.15) is 0 Å². The van der Waals surface area contributed by atoms with Gasteiger partial charge in [0.05, 0.1) is 12.0 Å². The van der Waals surface area contributed by atoms with Crippen molar-refractivity contribution in [3.63, 3.8) is 0 Å². The summed E-state index contributed by atoms with van der Waals surface area (Å²) < 4.78 is 49.0. The first kappa shape index (κ1) is 14.9. The van der Waals surface area contributed by atoms with Crippen molar-refractivity contribution >= 4 is 20.0 Å². The molecule has 0 unspecified atom stereocenters. The van der Waals surface area contributed by atoms with Crippen molar-refractivity contribution < 1.29 is 16.8 Å². The molecule has 1 heterocycles. The van der Waals surface area contributed by atoms with Crippen LogP contribution < -0.4 is 4.72 Å². The normalized spacial score (nSPS) is 20.6. The van der Waals surface area contributed by atoms with Gasteiger partial charge >= 0.3 is 0 Å². The molecule has 8 heteroatoms. The minimum absolute atomic E-state index is 0.0786. The fraction of sp³-hybridized carbons (Fsp3) is 1.00. The van der Waals surface area contributed by atoms with E-state index >= 15 is 0 Å². The quantitative estimate of drug-likeness (QED) is 0.744. The second-order valence-corrected chi connectivity index (χ2v) is 8.44. The molecule has 102 valence electrons. The van der Waals surface area contributed by atoms with Crippen LogP contribution in [0.15, 0.2) is 0 Å². The Kier molecular flexibility index (Phi) is 4.94. The maximum absolute atomic E-state index is 11.3. The summed E-state index contributed by atoms with van der Waals surface area (Å²) in [5, 5.41) is 0. The summed E-state index contributed by atoms with van der Waals surface area (Å²) in [6.07, 6.45) is 2.62. The Hall–Kier alpha value is -0.180. The smallest absolute Gasteiger partial charge is 0.211 e. The van der Waals surface area contributed by atoms with Crippen molar-refractivity contribution in [2.75, 3.05) is 31.6 Å². The molecule has 0 aromatic heterocycles. The molecular formula is C9H20N2O4S2. The molecule has 0 aromatic carbocycles. The summed E-state index contributed by atoms with van der Waals surface area (Å²) in [5.41, 5.74) is 0. The van der Waals surface area contributed by atoms with Crippen LogP contribution in [0.25, 0.3) is 0 Å². The minimum atomic E-state index is -3.14. The highest BCUT2D eigenvalue weighted by molar-refractivity contribution is 7.89. The third kappa shape index (κ3) is 4.90. The number of piperidine rings is 1. The SMILES string of the molecule is CCS(=O)(=O)NCC1CCN(S(C)(=O)=O)CC1. The van der Waals surface area contributed by atoms with E-state index in [-0.39, 0.29) is 11.7 Å². The van der Waals surface area contributed by atoms with Crippen LogP contribution in [0, 0.1) is 5.92 Å². The van der Waals surface area contributed by atoms with E-state index in [9.17, 15) is 16.8 Å². The molecule has 1 fully saturated rings. The van der Waals surface area contributed by atoms with Gasteiger partial charge in [-0.1, -0.05) is 0 Å². The highest BCUT2D eigenvalue weighted by Gasteiger charge is 2.25. The molecule has 1 aliphatic rings. The van der Waals surface area contributed by atoms with Crippen LogP contribution in [0.4, 0.5) is 0 Å². The van der Waals surface area contributed by atoms with Gasteiger partial charge in [-0.15, -0.1) is 0 Å². The standard InChI is InChI=1S/C9H20N2O4S2/c1-3-17(14,15)10-8-9-4-6-11(7-5-9)16(2,12)13/h9-10H,3-8H2,1-2H3. The summed E-state index contributed by atoms with van der Waals surface area (Å²) >= 11 is 0. The zero-order valence-corrected chi connectivity index (χ0v) is 11.8. The molecule has 1 aliphatic heterocycles. The predicted octanol–water partition coefficient (Wildman–Crippen LogP) is -0.403. The molecule has 0 saturated carbocycles. The molecule has 0 amide bonds. The first-order valence-corrected chi connectivity index (χ1v) is 9.17. The van der Waals surface area contributed by atoms with Crippen LogP contribution in [0.1, 0.15) is 19.8 Å². The summed E-state index contributed by atoms with van der Waals surface area (Å²) in [6, 6.07) is 0. The van der Waals surface area contributed by atoms with Crippen LogP contribution >= 0.6 is 0 Å². The fourth-order valence-electron chi connectivity index (χ4n) is 1.79. The molecule has 0 bridgehead atoms. The first-order chi connectivity index (χ1) is 7.74. The first-order valence-electron chi connectivity index (χ1n) is 5.67. The lowest BCUT2D eigenvalue weighted by Gasteiger charge is -2.30. The summed E-state index contributed by atoms with van der Waals surface area (Å²) in [5.74, 6) is 0.309. The third-order valence-corrected chi connectivity index (χ3v) is 5.68. The van der Waals surface area contributed by atoms with Crippen LogP contribution in [-0.4, -0.2) is 52.8 Å². The zero-order chi connectivity index (χ0) is 13.1. The lowest BCUT2D eigenvalue weighted by Crippen LogP contribution is -2.41. The molecule has 17 heavy (non-hydrogen) atoms. The van der Waals surface area contributed by atoms with Gasteiger partial charge in [-0.05, 0) is 25.7 Å². The van der Waals surface area contributed by atoms with E-state index in [1.165, 1.54) is 10.6 Å². The molecular weight excluding hydrogens is 264 g/mol. The molecule has 0 aromatic rings. The van der Waals surface area contributed by atoms with Gasteiger partial charge < -0.3 is 0 Å². The van der Waals surface area contributed by atoms with E-state index in [0.717, 1.165) is 0 Å². The number of hydrogen-bond donors (Lipinski definition) is 1. The van der Waals surface area contributed by atoms with E-state index < -0.39 is 20.0 Å². The average Bonchev–Trinajstić information content (AvgIpc) is 2.26. The Morgan fingerprint density at radius 3 is 2.12 bits per heavy atom. The zero-order valence-electron chi connectivity index (χ0n) is 10.2. The molecule has 0 atom stereocenters. The Balaban J connectivity index is 2.39. The minimum Gasteiger partial charge on any atom is -0.215 e. The van der Waals surface area contributed by atoms with Gasteiger partial charge in [0.15, 0.2) is 0 Å². The van der Waals surface area contributed by atoms with E-state index in [2.05, 4.69) is 4.72 Å². The van der Waals surface area contributed by atoms with Crippen molar-refractivity contribution in [1.82, 2.24) is 9.03 Å². The molecule has 1 rings (SSSR count). The van der Waals surface area contributed by atoms with Crippen molar-refractivity contribution in [3.8, 4) is 0 Å². The number of nitrogens with zero attached hydrogens (tertiary/aromatic N) is 1. The van der Waals surface area contributed by atoms with Gasteiger partial charge in [0, 0.05) is 19.6 Å². The lowest BCUT2D eigenvalue weighted by molar-refractivity contribution is 0.275. The highest BCUT2D eigenvalue weighted by Crippen LogP contribution is 2.18. The highest BCUT2D eigenvalue weighted by atomic mass is 32.2. The van der Waals surface area contributed by atoms with Gasteiger partial charge in [0.2, 0.25) is 20.0 Å². The van der Waals surface area contributed by atoms with E-state index in [1.807, 2.05) is 0 Å². The second-order valence-electron chi connectivity index (χ2n) is 4.36. The molecule has 0 aliphatic carbocycles. The second kappa shape index (κ2) is 5.64. The van der Waals surface area contributed by atoms with E-state index in [1.54, 1.807) is 6.92 Å². The van der Waals surface area contributed by atoms with E-state index in [4.69, 9.17) is 0 Å². The van der Waals surface area contributed by atoms with Crippen molar-refractivity contribution in [2.45, 2.75) is 19.8 Å². The fourth-order valence-corrected chi connectivity index (χ4v) is 3.36. The maximum Gasteiger partial charge on any atom is 0.211 e. The summed E-state index contributed by atoms with van der Waals surface area (Å²) in [4.78, 5) is 0. The Morgan fingerprint density at radius 2 is 1.71 bits per heavy atom. The monoisotopic (exact) mass is 284 g/mol. The van der Waals surface area contributed by atoms with Gasteiger partial charge in [-0.3, -0.25) is 0 Å². The number of rotatable bonds is 5. The molecule has 6 nitrogen and oxygen atoms in total. The van der Waals surface area contributed by atoms with Gasteiger partial charge in [-0.25, -0.2) is 25.9 Å². The Bertz CT molecular complexity index is 436. The van der Waals surface area contributed by atoms with Crippen molar-refractivity contribution in [3.05, 3.63) is 0 Å². The Labute approximate surface area is 103 Å². The van der Waals surface area contributed by atoms with Crippen LogP contribution in [0.3, 0.4) is 0 Å². The lowest BCUT2D eigenvalue weighted by atomic mass is 9.99. The van der Waals surface area contributed by atoms with Crippen LogP contribution in [-0.2, 0) is 20.0 Å². The van der Waals surface area contributed by atoms with Gasteiger partial charge in [0.25, 0.3) is 0 Å². The van der Waals surface area contributed by atoms with Gasteiger partial charge in [0.1, 0.15) is 0 Å². The average molecular weight is 284 g/mol. The van der Waals surface area contributed by atoms with Crippen molar-refractivity contribution in [1.29, 1.82) is 0 Å². The Morgan fingerprint density at radius 1 is 1.18 bits per heavy atom. The van der Waals surface area contributed by atoms with E-state index in [0.29, 0.717) is 32.5 Å². The summed E-state index contributed by atoms with van der Waals surface area (Å²) in [7, 11) is -6.25. The predicted molar refractivity (Wildman–Crippen MR) is 66.6 cm³/mol. The third-order valence-electron chi connectivity index (χ3n) is 3.01.